The number of methoxy groups -OCH3 is 1. The molecule has 0 amide bonds. The van der Waals surface area contributed by atoms with Crippen molar-refractivity contribution in [1.82, 2.24) is 20.3 Å². The van der Waals surface area contributed by atoms with Crippen molar-refractivity contribution >= 4 is 11.6 Å². The van der Waals surface area contributed by atoms with Crippen LogP contribution in [0.4, 0.5) is 0 Å². The maximum absolute atomic E-state index is 6.02. The summed E-state index contributed by atoms with van der Waals surface area (Å²) in [7, 11) is 3.49. The van der Waals surface area contributed by atoms with Crippen molar-refractivity contribution < 1.29 is 4.74 Å². The molecule has 1 heterocycles. The zero-order valence-electron chi connectivity index (χ0n) is 11.4. The van der Waals surface area contributed by atoms with Crippen LogP contribution in [-0.2, 0) is 0 Å². The maximum Gasteiger partial charge on any atom is 0.139 e. The number of halogens is 1. The second-order valence-electron chi connectivity index (χ2n) is 4.30. The molecule has 1 aromatic heterocycles. The third kappa shape index (κ3) is 2.57. The van der Waals surface area contributed by atoms with Gasteiger partial charge in [-0.05, 0) is 33.0 Å². The highest BCUT2D eigenvalue weighted by atomic mass is 35.5. The Kier molecular flexibility index (Phi) is 4.07. The lowest BCUT2D eigenvalue weighted by atomic mass is 10.2. The van der Waals surface area contributed by atoms with Crippen LogP contribution in [0.2, 0.25) is 5.02 Å². The standard InChI is InChI=1S/C13H17ClN4O/c1-8(15-3)13-9(2)18(17-16-13)10-5-6-11(14)12(7-10)19-4/h5-8,15H,1-4H3. The molecule has 0 saturated heterocycles. The predicted molar refractivity (Wildman–Crippen MR) is 75.1 cm³/mol. The quantitative estimate of drug-likeness (QED) is 0.935. The van der Waals surface area contributed by atoms with Crippen molar-refractivity contribution in [2.45, 2.75) is 19.9 Å². The largest absolute Gasteiger partial charge is 0.495 e. The number of rotatable bonds is 4. The van der Waals surface area contributed by atoms with E-state index in [1.165, 1.54) is 0 Å². The highest BCUT2D eigenvalue weighted by Crippen LogP contribution is 2.27. The fourth-order valence-corrected chi connectivity index (χ4v) is 2.10. The van der Waals surface area contributed by atoms with Crippen LogP contribution in [0.3, 0.4) is 0 Å². The number of benzene rings is 1. The molecule has 1 aromatic carbocycles. The molecule has 5 nitrogen and oxygen atoms in total. The monoisotopic (exact) mass is 280 g/mol. The molecule has 0 spiro atoms. The smallest absolute Gasteiger partial charge is 0.139 e. The fourth-order valence-electron chi connectivity index (χ4n) is 1.90. The molecular formula is C13H17ClN4O. The number of hydrogen-bond donors (Lipinski definition) is 1. The normalized spacial score (nSPS) is 12.5. The first-order valence-electron chi connectivity index (χ1n) is 6.01. The van der Waals surface area contributed by atoms with Gasteiger partial charge in [0.1, 0.15) is 11.4 Å². The zero-order chi connectivity index (χ0) is 14.0. The molecule has 0 radical (unpaired) electrons. The molecule has 0 aliphatic carbocycles. The summed E-state index contributed by atoms with van der Waals surface area (Å²) in [5, 5.41) is 12.1. The molecule has 0 aliphatic rings. The lowest BCUT2D eigenvalue weighted by molar-refractivity contribution is 0.414. The Morgan fingerprint density at radius 3 is 2.79 bits per heavy atom. The first kappa shape index (κ1) is 13.8. The van der Waals surface area contributed by atoms with Crippen molar-refractivity contribution in [3.63, 3.8) is 0 Å². The highest BCUT2D eigenvalue weighted by molar-refractivity contribution is 6.32. The zero-order valence-corrected chi connectivity index (χ0v) is 12.2. The third-order valence-corrected chi connectivity index (χ3v) is 3.46. The van der Waals surface area contributed by atoms with Crippen molar-refractivity contribution in [2.24, 2.45) is 0 Å². The van der Waals surface area contributed by atoms with E-state index in [0.717, 1.165) is 17.1 Å². The van der Waals surface area contributed by atoms with Crippen LogP contribution in [0.1, 0.15) is 24.4 Å². The lowest BCUT2D eigenvalue weighted by Gasteiger charge is -2.09. The minimum absolute atomic E-state index is 0.156. The Labute approximate surface area is 117 Å². The van der Waals surface area contributed by atoms with Crippen LogP contribution in [0.25, 0.3) is 5.69 Å². The van der Waals surface area contributed by atoms with Gasteiger partial charge in [-0.1, -0.05) is 16.8 Å². The number of nitrogens with zero attached hydrogens (tertiary/aromatic N) is 3. The topological polar surface area (TPSA) is 52.0 Å². The van der Waals surface area contributed by atoms with Gasteiger partial charge >= 0.3 is 0 Å². The van der Waals surface area contributed by atoms with E-state index in [4.69, 9.17) is 16.3 Å². The van der Waals surface area contributed by atoms with E-state index in [1.807, 2.05) is 33.0 Å². The van der Waals surface area contributed by atoms with E-state index in [1.54, 1.807) is 17.9 Å². The molecule has 2 aromatic rings. The average Bonchev–Trinajstić information content (AvgIpc) is 2.80. The van der Waals surface area contributed by atoms with Crippen LogP contribution in [0.15, 0.2) is 18.2 Å². The van der Waals surface area contributed by atoms with Gasteiger partial charge in [0, 0.05) is 6.07 Å². The molecule has 19 heavy (non-hydrogen) atoms. The summed E-state index contributed by atoms with van der Waals surface area (Å²) in [5.41, 5.74) is 2.79. The van der Waals surface area contributed by atoms with Gasteiger partial charge in [0.15, 0.2) is 0 Å². The van der Waals surface area contributed by atoms with E-state index in [-0.39, 0.29) is 6.04 Å². The molecule has 6 heteroatoms. The van der Waals surface area contributed by atoms with Crippen LogP contribution < -0.4 is 10.1 Å². The minimum Gasteiger partial charge on any atom is -0.495 e. The van der Waals surface area contributed by atoms with Crippen LogP contribution in [-0.4, -0.2) is 29.2 Å². The van der Waals surface area contributed by atoms with Gasteiger partial charge in [0.05, 0.1) is 29.6 Å². The Morgan fingerprint density at radius 2 is 2.16 bits per heavy atom. The Balaban J connectivity index is 2.45. The van der Waals surface area contributed by atoms with Crippen LogP contribution in [0, 0.1) is 6.92 Å². The SMILES string of the molecule is CNC(C)c1nnn(-c2ccc(Cl)c(OC)c2)c1C. The van der Waals surface area contributed by atoms with E-state index in [9.17, 15) is 0 Å². The fraction of sp³-hybridized carbons (Fsp3) is 0.385. The van der Waals surface area contributed by atoms with Gasteiger partial charge in [-0.15, -0.1) is 5.10 Å². The molecule has 1 unspecified atom stereocenters. The first-order chi connectivity index (χ1) is 9.08. The molecule has 0 aliphatic heterocycles. The molecule has 102 valence electrons. The predicted octanol–water partition coefficient (Wildman–Crippen LogP) is 2.52. The van der Waals surface area contributed by atoms with Crippen molar-refractivity contribution in [3.05, 3.63) is 34.6 Å². The minimum atomic E-state index is 0.156. The summed E-state index contributed by atoms with van der Waals surface area (Å²) in [6, 6.07) is 5.68. The van der Waals surface area contributed by atoms with Gasteiger partial charge in [-0.3, -0.25) is 0 Å². The Hall–Kier alpha value is -1.59. The second-order valence-corrected chi connectivity index (χ2v) is 4.71. The molecule has 1 atom stereocenters. The van der Waals surface area contributed by atoms with Gasteiger partial charge < -0.3 is 10.1 Å². The number of aromatic nitrogens is 3. The van der Waals surface area contributed by atoms with Crippen molar-refractivity contribution in [1.29, 1.82) is 0 Å². The van der Waals surface area contributed by atoms with Crippen LogP contribution in [0.5, 0.6) is 5.75 Å². The van der Waals surface area contributed by atoms with E-state index in [2.05, 4.69) is 15.6 Å². The van der Waals surface area contributed by atoms with E-state index < -0.39 is 0 Å². The van der Waals surface area contributed by atoms with Crippen molar-refractivity contribution in [3.8, 4) is 11.4 Å². The van der Waals surface area contributed by atoms with Gasteiger partial charge in [-0.25, -0.2) is 4.68 Å². The highest BCUT2D eigenvalue weighted by Gasteiger charge is 2.15. The van der Waals surface area contributed by atoms with Gasteiger partial charge in [0.25, 0.3) is 0 Å². The van der Waals surface area contributed by atoms with E-state index in [0.29, 0.717) is 10.8 Å². The van der Waals surface area contributed by atoms with E-state index >= 15 is 0 Å². The van der Waals surface area contributed by atoms with Crippen LogP contribution >= 0.6 is 11.6 Å². The Bertz CT molecular complexity index is 582. The first-order valence-corrected chi connectivity index (χ1v) is 6.39. The summed E-state index contributed by atoms with van der Waals surface area (Å²) >= 11 is 6.02. The Morgan fingerprint density at radius 1 is 1.42 bits per heavy atom. The summed E-state index contributed by atoms with van der Waals surface area (Å²) in [6.07, 6.45) is 0. The average molecular weight is 281 g/mol. The van der Waals surface area contributed by atoms with Gasteiger partial charge in [0.2, 0.25) is 0 Å². The molecule has 1 N–H and O–H groups in total. The molecule has 0 saturated carbocycles. The maximum atomic E-state index is 6.02. The summed E-state index contributed by atoms with van der Waals surface area (Å²) < 4.78 is 7.00. The van der Waals surface area contributed by atoms with Crippen molar-refractivity contribution in [2.75, 3.05) is 14.2 Å². The second kappa shape index (κ2) is 5.59. The molecule has 2 rings (SSSR count). The number of nitrogens with one attached hydrogen (secondary N) is 1. The molecular weight excluding hydrogens is 264 g/mol. The summed E-state index contributed by atoms with van der Waals surface area (Å²) in [6.45, 7) is 4.04. The summed E-state index contributed by atoms with van der Waals surface area (Å²) in [4.78, 5) is 0. The molecule has 0 fully saturated rings. The summed E-state index contributed by atoms with van der Waals surface area (Å²) in [5.74, 6) is 0.622. The lowest BCUT2D eigenvalue weighted by Crippen LogP contribution is -2.14. The molecule has 0 bridgehead atoms. The van der Waals surface area contributed by atoms with Gasteiger partial charge in [-0.2, -0.15) is 0 Å². The number of hydrogen-bond acceptors (Lipinski definition) is 4. The third-order valence-electron chi connectivity index (χ3n) is 3.15. The number of ether oxygens (including phenoxy) is 1.